The van der Waals surface area contributed by atoms with Gasteiger partial charge >= 0.3 is 0 Å². The predicted molar refractivity (Wildman–Crippen MR) is 109 cm³/mol. The van der Waals surface area contributed by atoms with Crippen LogP contribution in [-0.2, 0) is 18.4 Å². The maximum Gasteiger partial charge on any atom is 0.120 e. The molecular weight excluding hydrogens is 350 g/mol. The topological polar surface area (TPSA) is 62.6 Å². The highest BCUT2D eigenvalue weighted by atomic mass is 16.5. The summed E-state index contributed by atoms with van der Waals surface area (Å²) >= 11 is 0. The van der Waals surface area contributed by atoms with Crippen LogP contribution < -0.4 is 4.74 Å². The third-order valence-corrected chi connectivity index (χ3v) is 7.23. The van der Waals surface area contributed by atoms with E-state index in [1.165, 1.54) is 11.1 Å². The Bertz CT molecular complexity index is 863. The van der Waals surface area contributed by atoms with E-state index in [4.69, 9.17) is 4.74 Å². The zero-order valence-electron chi connectivity index (χ0n) is 17.1. The lowest BCUT2D eigenvalue weighted by Crippen LogP contribution is -2.56. The maximum atomic E-state index is 10.6. The standard InChI is InChI=1S/C24H31NO3/c1-4-24-14-22(26)23(3,27)13-19(24)8-7-17-12-20(9-10-21(17)24)28-15-18-6-5-11-25-16(18)2/h5-6,9-12,19,22,26-27H,4,7-8,13-15H2,1-3H3/t19-,22+,23+,24-/m1/s1. The third-order valence-electron chi connectivity index (χ3n) is 7.23. The summed E-state index contributed by atoms with van der Waals surface area (Å²) in [6.45, 7) is 6.51. The van der Waals surface area contributed by atoms with Gasteiger partial charge in [-0.3, -0.25) is 4.98 Å². The van der Waals surface area contributed by atoms with Gasteiger partial charge in [-0.1, -0.05) is 19.1 Å². The molecule has 2 aliphatic carbocycles. The van der Waals surface area contributed by atoms with Crippen LogP contribution in [0.25, 0.3) is 0 Å². The number of hydrogen-bond donors (Lipinski definition) is 2. The first-order valence-electron chi connectivity index (χ1n) is 10.4. The Labute approximate surface area is 167 Å². The Hall–Kier alpha value is -1.91. The minimum atomic E-state index is -0.981. The summed E-state index contributed by atoms with van der Waals surface area (Å²) in [6, 6.07) is 10.4. The molecule has 0 amide bonds. The molecule has 1 saturated carbocycles. The van der Waals surface area contributed by atoms with Crippen LogP contribution in [0.1, 0.15) is 61.9 Å². The fourth-order valence-electron chi connectivity index (χ4n) is 5.41. The van der Waals surface area contributed by atoms with Crippen LogP contribution in [-0.4, -0.2) is 26.9 Å². The highest BCUT2D eigenvalue weighted by molar-refractivity contribution is 5.44. The number of ether oxygens (including phenoxy) is 1. The first-order valence-corrected chi connectivity index (χ1v) is 10.4. The van der Waals surface area contributed by atoms with Gasteiger partial charge in [0.15, 0.2) is 0 Å². The first-order chi connectivity index (χ1) is 13.4. The zero-order valence-corrected chi connectivity index (χ0v) is 17.1. The average molecular weight is 382 g/mol. The van der Waals surface area contributed by atoms with Gasteiger partial charge in [0.05, 0.1) is 11.7 Å². The van der Waals surface area contributed by atoms with Gasteiger partial charge in [0, 0.05) is 22.9 Å². The summed E-state index contributed by atoms with van der Waals surface area (Å²) < 4.78 is 6.07. The van der Waals surface area contributed by atoms with Gasteiger partial charge in [0.1, 0.15) is 12.4 Å². The molecular formula is C24H31NO3. The van der Waals surface area contributed by atoms with Crippen LogP contribution in [0.4, 0.5) is 0 Å². The van der Waals surface area contributed by atoms with Gasteiger partial charge in [0.2, 0.25) is 0 Å². The molecule has 0 spiro atoms. The molecule has 1 heterocycles. The van der Waals surface area contributed by atoms with Crippen molar-refractivity contribution in [2.24, 2.45) is 5.92 Å². The maximum absolute atomic E-state index is 10.6. The van der Waals surface area contributed by atoms with E-state index in [2.05, 4.69) is 30.1 Å². The van der Waals surface area contributed by atoms with Gasteiger partial charge in [-0.25, -0.2) is 0 Å². The van der Waals surface area contributed by atoms with Crippen molar-refractivity contribution in [1.82, 2.24) is 4.98 Å². The van der Waals surface area contributed by atoms with Crippen LogP contribution in [0.5, 0.6) is 5.75 Å². The number of aromatic nitrogens is 1. The van der Waals surface area contributed by atoms with E-state index in [0.29, 0.717) is 25.4 Å². The van der Waals surface area contributed by atoms with E-state index in [9.17, 15) is 10.2 Å². The fourth-order valence-corrected chi connectivity index (χ4v) is 5.41. The van der Waals surface area contributed by atoms with Crippen molar-refractivity contribution >= 4 is 0 Å². The van der Waals surface area contributed by atoms with Crippen LogP contribution in [0.3, 0.4) is 0 Å². The number of pyridine rings is 1. The lowest BCUT2D eigenvalue weighted by Gasteiger charge is -2.54. The zero-order chi connectivity index (χ0) is 19.9. The summed E-state index contributed by atoms with van der Waals surface area (Å²) in [5.74, 6) is 1.29. The van der Waals surface area contributed by atoms with E-state index in [1.54, 1.807) is 13.1 Å². The van der Waals surface area contributed by atoms with E-state index in [-0.39, 0.29) is 5.41 Å². The number of benzene rings is 1. The quantitative estimate of drug-likeness (QED) is 0.837. The van der Waals surface area contributed by atoms with Crippen LogP contribution >= 0.6 is 0 Å². The molecule has 28 heavy (non-hydrogen) atoms. The molecule has 2 aliphatic rings. The summed E-state index contributed by atoms with van der Waals surface area (Å²) in [5.41, 5.74) is 3.73. The number of hydrogen-bond acceptors (Lipinski definition) is 4. The second kappa shape index (κ2) is 7.16. The molecule has 4 rings (SSSR count). The van der Waals surface area contributed by atoms with Gasteiger partial charge in [-0.15, -0.1) is 0 Å². The second-order valence-electron chi connectivity index (χ2n) is 8.88. The Morgan fingerprint density at radius 3 is 2.82 bits per heavy atom. The van der Waals surface area contributed by atoms with Gasteiger partial charge < -0.3 is 14.9 Å². The van der Waals surface area contributed by atoms with Crippen molar-refractivity contribution in [1.29, 1.82) is 0 Å². The lowest BCUT2D eigenvalue weighted by atomic mass is 9.53. The molecule has 4 atom stereocenters. The molecule has 4 nitrogen and oxygen atoms in total. The molecule has 0 unspecified atom stereocenters. The number of rotatable bonds is 4. The number of aryl methyl sites for hydroxylation is 2. The lowest BCUT2D eigenvalue weighted by molar-refractivity contribution is -0.129. The van der Waals surface area contributed by atoms with Crippen LogP contribution in [0.2, 0.25) is 0 Å². The Balaban J connectivity index is 1.59. The normalized spacial score (nSPS) is 31.8. The molecule has 1 aromatic heterocycles. The van der Waals surface area contributed by atoms with E-state index >= 15 is 0 Å². The van der Waals surface area contributed by atoms with Crippen molar-refractivity contribution in [3.05, 3.63) is 58.9 Å². The summed E-state index contributed by atoms with van der Waals surface area (Å²) in [6.07, 6.45) is 5.44. The Morgan fingerprint density at radius 1 is 1.25 bits per heavy atom. The van der Waals surface area contributed by atoms with Gasteiger partial charge in [-0.05, 0) is 81.2 Å². The molecule has 2 aromatic rings. The summed E-state index contributed by atoms with van der Waals surface area (Å²) in [4.78, 5) is 4.32. The number of nitrogens with zero attached hydrogens (tertiary/aromatic N) is 1. The second-order valence-corrected chi connectivity index (χ2v) is 8.88. The molecule has 150 valence electrons. The molecule has 0 radical (unpaired) electrons. The monoisotopic (exact) mass is 381 g/mol. The van der Waals surface area contributed by atoms with Crippen molar-refractivity contribution in [2.45, 2.75) is 76.6 Å². The van der Waals surface area contributed by atoms with E-state index in [1.807, 2.05) is 19.1 Å². The number of fused-ring (bicyclic) bond motifs is 3. The molecule has 4 heteroatoms. The Morgan fingerprint density at radius 2 is 2.07 bits per heavy atom. The SMILES string of the molecule is CC[C@@]12C[C@H](O)[C@@](C)(O)C[C@H]1CCc1cc(OCc3cccnc3C)ccc12. The van der Waals surface area contributed by atoms with E-state index in [0.717, 1.165) is 36.3 Å². The average Bonchev–Trinajstić information content (AvgIpc) is 2.68. The summed E-state index contributed by atoms with van der Waals surface area (Å²) in [5, 5.41) is 21.2. The predicted octanol–water partition coefficient (Wildman–Crippen LogP) is 4.08. The third kappa shape index (κ3) is 3.23. The molecule has 0 bridgehead atoms. The smallest absolute Gasteiger partial charge is 0.120 e. The van der Waals surface area contributed by atoms with Crippen molar-refractivity contribution in [3.8, 4) is 5.75 Å². The van der Waals surface area contributed by atoms with Gasteiger partial charge in [-0.2, -0.15) is 0 Å². The van der Waals surface area contributed by atoms with E-state index < -0.39 is 11.7 Å². The van der Waals surface area contributed by atoms with Crippen molar-refractivity contribution in [2.75, 3.05) is 0 Å². The Kier molecular flexibility index (Phi) is 4.96. The molecule has 0 saturated heterocycles. The summed E-state index contributed by atoms with van der Waals surface area (Å²) in [7, 11) is 0. The highest BCUT2D eigenvalue weighted by Gasteiger charge is 2.53. The van der Waals surface area contributed by atoms with Crippen molar-refractivity contribution in [3.63, 3.8) is 0 Å². The van der Waals surface area contributed by atoms with Gasteiger partial charge in [0.25, 0.3) is 0 Å². The first kappa shape index (κ1) is 19.4. The minimum absolute atomic E-state index is 0.0479. The largest absolute Gasteiger partial charge is 0.489 e. The molecule has 1 fully saturated rings. The molecule has 2 N–H and O–H groups in total. The molecule has 1 aromatic carbocycles. The van der Waals surface area contributed by atoms with Crippen LogP contribution in [0.15, 0.2) is 36.5 Å². The fraction of sp³-hybridized carbons (Fsp3) is 0.542. The molecule has 0 aliphatic heterocycles. The van der Waals surface area contributed by atoms with Crippen molar-refractivity contribution < 1.29 is 14.9 Å². The van der Waals surface area contributed by atoms with Crippen LogP contribution in [0, 0.1) is 12.8 Å². The number of aliphatic hydroxyl groups excluding tert-OH is 1. The highest BCUT2D eigenvalue weighted by Crippen LogP contribution is 2.54. The number of aliphatic hydroxyl groups is 2. The minimum Gasteiger partial charge on any atom is -0.489 e.